The molecule has 6 nitrogen and oxygen atoms in total. The topological polar surface area (TPSA) is 68.7 Å². The van der Waals surface area contributed by atoms with Gasteiger partial charge in [-0.1, -0.05) is 18.2 Å². The Morgan fingerprint density at radius 1 is 1.19 bits per heavy atom. The maximum Gasteiger partial charge on any atom is 0.290 e. The summed E-state index contributed by atoms with van der Waals surface area (Å²) in [5, 5.41) is 0.988. The molecule has 2 aromatic heterocycles. The van der Waals surface area contributed by atoms with Gasteiger partial charge in [-0.2, -0.15) is 0 Å². The molecule has 5 rings (SSSR count). The fraction of sp³-hybridized carbons (Fsp3) is 0.429. The van der Waals surface area contributed by atoms with Crippen LogP contribution < -0.4 is 0 Å². The lowest BCUT2D eigenvalue weighted by Crippen LogP contribution is -2.35. The molecule has 0 atom stereocenters. The number of aromatic nitrogens is 1. The third-order valence-corrected chi connectivity index (χ3v) is 5.64. The third-order valence-electron chi connectivity index (χ3n) is 5.64. The first-order chi connectivity index (χ1) is 13.2. The van der Waals surface area contributed by atoms with Gasteiger partial charge in [0.2, 0.25) is 0 Å². The summed E-state index contributed by atoms with van der Waals surface area (Å²) in [6, 6.07) is 7.75. The number of ether oxygens (including phenoxy) is 1. The van der Waals surface area contributed by atoms with Gasteiger partial charge in [0.1, 0.15) is 17.0 Å². The Morgan fingerprint density at radius 2 is 2.00 bits per heavy atom. The number of carbonyl (C=O) groups excluding carboxylic acids is 1. The average molecular weight is 366 g/mol. The minimum absolute atomic E-state index is 0.0787. The van der Waals surface area contributed by atoms with Gasteiger partial charge in [0.15, 0.2) is 11.7 Å². The van der Waals surface area contributed by atoms with Gasteiger partial charge in [-0.25, -0.2) is 4.98 Å². The fourth-order valence-electron chi connectivity index (χ4n) is 4.03. The van der Waals surface area contributed by atoms with Crippen molar-refractivity contribution >= 4 is 16.9 Å². The summed E-state index contributed by atoms with van der Waals surface area (Å²) < 4.78 is 17.3. The van der Waals surface area contributed by atoms with Crippen LogP contribution >= 0.6 is 0 Å². The number of nitrogens with zero attached hydrogens (tertiary/aromatic N) is 2. The molecular weight excluding hydrogens is 344 g/mol. The first-order valence-corrected chi connectivity index (χ1v) is 9.54. The Bertz CT molecular complexity index is 997. The number of rotatable bonds is 2. The van der Waals surface area contributed by atoms with Gasteiger partial charge in [0, 0.05) is 43.0 Å². The summed E-state index contributed by atoms with van der Waals surface area (Å²) in [5.41, 5.74) is 2.52. The quantitative estimate of drug-likeness (QED) is 0.690. The molecule has 6 heteroatoms. The molecule has 0 unspecified atom stereocenters. The van der Waals surface area contributed by atoms with Crippen molar-refractivity contribution in [2.45, 2.75) is 38.6 Å². The zero-order valence-corrected chi connectivity index (χ0v) is 15.4. The van der Waals surface area contributed by atoms with Crippen molar-refractivity contribution in [2.75, 3.05) is 19.8 Å². The van der Waals surface area contributed by atoms with E-state index in [-0.39, 0.29) is 5.91 Å². The van der Waals surface area contributed by atoms with Crippen LogP contribution in [0.4, 0.5) is 0 Å². The predicted molar refractivity (Wildman–Crippen MR) is 98.7 cm³/mol. The number of aryl methyl sites for hydroxylation is 1. The average Bonchev–Trinajstić information content (AvgIpc) is 3.29. The highest BCUT2D eigenvalue weighted by molar-refractivity contribution is 5.98. The predicted octanol–water partition coefficient (Wildman–Crippen LogP) is 3.82. The summed E-state index contributed by atoms with van der Waals surface area (Å²) in [7, 11) is 0. The smallest absolute Gasteiger partial charge is 0.290 e. The van der Waals surface area contributed by atoms with Gasteiger partial charge in [0.25, 0.3) is 5.91 Å². The van der Waals surface area contributed by atoms with E-state index < -0.39 is 0 Å². The van der Waals surface area contributed by atoms with Crippen LogP contribution in [0, 0.1) is 6.92 Å². The maximum absolute atomic E-state index is 13.1. The number of oxazole rings is 1. The number of para-hydroxylation sites is 1. The monoisotopic (exact) mass is 366 g/mol. The van der Waals surface area contributed by atoms with Crippen LogP contribution in [0.2, 0.25) is 0 Å². The first-order valence-electron chi connectivity index (χ1n) is 9.54. The number of hydrogen-bond donors (Lipinski definition) is 0. The van der Waals surface area contributed by atoms with E-state index >= 15 is 0 Å². The molecule has 1 aromatic carbocycles. The lowest BCUT2D eigenvalue weighted by Gasteiger charge is -2.24. The number of fused-ring (bicyclic) bond motifs is 2. The summed E-state index contributed by atoms with van der Waals surface area (Å²) in [4.78, 5) is 19.6. The SMILES string of the molecule is Cc1c(C(=O)N2CCc3oc(C4CCOCC4)nc3C2)oc2ccccc12. The number of carbonyl (C=O) groups is 1. The Balaban J connectivity index is 1.39. The van der Waals surface area contributed by atoms with Crippen LogP contribution in [0.5, 0.6) is 0 Å². The van der Waals surface area contributed by atoms with Crippen molar-refractivity contribution in [1.29, 1.82) is 0 Å². The van der Waals surface area contributed by atoms with E-state index in [0.717, 1.165) is 59.9 Å². The molecule has 1 fully saturated rings. The number of furan rings is 1. The minimum Gasteiger partial charge on any atom is -0.451 e. The minimum atomic E-state index is -0.0787. The van der Waals surface area contributed by atoms with Crippen molar-refractivity contribution in [3.63, 3.8) is 0 Å². The molecule has 0 saturated carbocycles. The molecule has 0 bridgehead atoms. The normalized spacial score (nSPS) is 18.0. The van der Waals surface area contributed by atoms with E-state index in [1.54, 1.807) is 0 Å². The van der Waals surface area contributed by atoms with Crippen LogP contribution in [0.3, 0.4) is 0 Å². The molecule has 140 valence electrons. The largest absolute Gasteiger partial charge is 0.451 e. The summed E-state index contributed by atoms with van der Waals surface area (Å²) in [6.07, 6.45) is 2.58. The lowest BCUT2D eigenvalue weighted by atomic mass is 10.0. The maximum atomic E-state index is 13.1. The van der Waals surface area contributed by atoms with Crippen LogP contribution in [-0.4, -0.2) is 35.5 Å². The molecule has 0 N–H and O–H groups in total. The summed E-state index contributed by atoms with van der Waals surface area (Å²) in [5.74, 6) is 2.39. The summed E-state index contributed by atoms with van der Waals surface area (Å²) in [6.45, 7) is 4.54. The molecule has 2 aliphatic heterocycles. The van der Waals surface area contributed by atoms with Gasteiger partial charge in [0.05, 0.1) is 6.54 Å². The highest BCUT2D eigenvalue weighted by Crippen LogP contribution is 2.31. The van der Waals surface area contributed by atoms with Gasteiger partial charge >= 0.3 is 0 Å². The van der Waals surface area contributed by atoms with Crippen molar-refractivity contribution in [1.82, 2.24) is 9.88 Å². The Labute approximate surface area is 157 Å². The zero-order valence-electron chi connectivity index (χ0n) is 15.4. The van der Waals surface area contributed by atoms with Crippen molar-refractivity contribution in [2.24, 2.45) is 0 Å². The molecule has 3 aromatic rings. The van der Waals surface area contributed by atoms with Gasteiger partial charge in [-0.15, -0.1) is 0 Å². The van der Waals surface area contributed by atoms with E-state index in [0.29, 0.717) is 31.2 Å². The van der Waals surface area contributed by atoms with Crippen molar-refractivity contribution in [3.05, 3.63) is 52.9 Å². The number of hydrogen-bond acceptors (Lipinski definition) is 5. The zero-order chi connectivity index (χ0) is 18.4. The van der Waals surface area contributed by atoms with Crippen molar-refractivity contribution in [3.8, 4) is 0 Å². The molecular formula is C21H22N2O4. The third kappa shape index (κ3) is 2.84. The van der Waals surface area contributed by atoms with E-state index in [2.05, 4.69) is 0 Å². The molecule has 2 aliphatic rings. The van der Waals surface area contributed by atoms with E-state index in [1.165, 1.54) is 0 Å². The van der Waals surface area contributed by atoms with E-state index in [4.69, 9.17) is 18.6 Å². The molecule has 1 amide bonds. The Hall–Kier alpha value is -2.60. The second kappa shape index (κ2) is 6.53. The van der Waals surface area contributed by atoms with E-state index in [1.807, 2.05) is 36.1 Å². The number of amides is 1. The van der Waals surface area contributed by atoms with Gasteiger partial charge in [-0.3, -0.25) is 4.79 Å². The molecule has 27 heavy (non-hydrogen) atoms. The highest BCUT2D eigenvalue weighted by Gasteiger charge is 2.31. The molecule has 0 radical (unpaired) electrons. The Kier molecular flexibility index (Phi) is 4.01. The fourth-order valence-corrected chi connectivity index (χ4v) is 4.03. The summed E-state index contributed by atoms with van der Waals surface area (Å²) >= 11 is 0. The van der Waals surface area contributed by atoms with Gasteiger partial charge in [-0.05, 0) is 25.8 Å². The first kappa shape index (κ1) is 16.6. The molecule has 0 spiro atoms. The number of benzene rings is 1. The van der Waals surface area contributed by atoms with Crippen LogP contribution in [0.1, 0.15) is 52.2 Å². The van der Waals surface area contributed by atoms with Crippen molar-refractivity contribution < 1.29 is 18.4 Å². The second-order valence-corrected chi connectivity index (χ2v) is 7.34. The second-order valence-electron chi connectivity index (χ2n) is 7.34. The Morgan fingerprint density at radius 3 is 2.81 bits per heavy atom. The van der Waals surface area contributed by atoms with Crippen LogP contribution in [-0.2, 0) is 17.7 Å². The van der Waals surface area contributed by atoms with E-state index in [9.17, 15) is 4.79 Å². The molecule has 0 aliphatic carbocycles. The van der Waals surface area contributed by atoms with Crippen LogP contribution in [0.25, 0.3) is 11.0 Å². The van der Waals surface area contributed by atoms with Gasteiger partial charge < -0.3 is 18.5 Å². The molecule has 4 heterocycles. The molecule has 1 saturated heterocycles. The van der Waals surface area contributed by atoms with Crippen LogP contribution in [0.15, 0.2) is 33.1 Å². The highest BCUT2D eigenvalue weighted by atomic mass is 16.5. The lowest BCUT2D eigenvalue weighted by molar-refractivity contribution is 0.0695. The standard InChI is InChI=1S/C21H22N2O4/c1-13-15-4-2-3-5-17(15)26-19(13)21(24)23-9-6-18-16(12-23)22-20(27-18)14-7-10-25-11-8-14/h2-5,14H,6-12H2,1H3.